The van der Waals surface area contributed by atoms with Gasteiger partial charge in [0, 0.05) is 20.0 Å². The number of aromatic nitrogens is 3. The van der Waals surface area contributed by atoms with Crippen LogP contribution in [-0.4, -0.2) is 50.4 Å². The fraction of sp³-hybridized carbons (Fsp3) is 0.500. The summed E-state index contributed by atoms with van der Waals surface area (Å²) in [6.45, 7) is 0.235. The Balaban J connectivity index is 2.34. The van der Waals surface area contributed by atoms with Crippen LogP contribution in [-0.2, 0) is 23.1 Å². The van der Waals surface area contributed by atoms with Gasteiger partial charge in [-0.25, -0.2) is 14.6 Å². The fourth-order valence-electron chi connectivity index (χ4n) is 1.40. The highest BCUT2D eigenvalue weighted by molar-refractivity contribution is 5.87. The van der Waals surface area contributed by atoms with Crippen LogP contribution in [0.15, 0.2) is 6.33 Å². The van der Waals surface area contributed by atoms with Gasteiger partial charge in [0.15, 0.2) is 5.82 Å². The fourth-order valence-corrected chi connectivity index (χ4v) is 1.40. The zero-order chi connectivity index (χ0) is 15.1. The second-order valence-electron chi connectivity index (χ2n) is 4.05. The zero-order valence-electron chi connectivity index (χ0n) is 10.9. The van der Waals surface area contributed by atoms with Gasteiger partial charge in [-0.2, -0.15) is 5.10 Å². The average Bonchev–Trinajstić information content (AvgIpc) is 2.73. The summed E-state index contributed by atoms with van der Waals surface area (Å²) in [5.41, 5.74) is 4.89. The van der Waals surface area contributed by atoms with Gasteiger partial charge in [-0.15, -0.1) is 0 Å². The molecule has 1 aromatic heterocycles. The average molecular weight is 284 g/mol. The number of hydrogen-bond donors (Lipinski definition) is 4. The van der Waals surface area contributed by atoms with Crippen LogP contribution in [0.5, 0.6) is 0 Å². The Hall–Kier alpha value is -2.65. The summed E-state index contributed by atoms with van der Waals surface area (Å²) >= 11 is 0. The van der Waals surface area contributed by atoms with E-state index >= 15 is 0 Å². The summed E-state index contributed by atoms with van der Waals surface area (Å²) in [5.74, 6) is -1.58. The van der Waals surface area contributed by atoms with Crippen LogP contribution in [0.2, 0.25) is 0 Å². The second-order valence-corrected chi connectivity index (χ2v) is 4.05. The normalized spacial score (nSPS) is 11.7. The van der Waals surface area contributed by atoms with E-state index in [2.05, 4.69) is 20.7 Å². The summed E-state index contributed by atoms with van der Waals surface area (Å²) in [6.07, 6.45) is 1.47. The van der Waals surface area contributed by atoms with Crippen molar-refractivity contribution in [3.8, 4) is 0 Å². The molecule has 110 valence electrons. The molecule has 0 saturated carbocycles. The van der Waals surface area contributed by atoms with Crippen LogP contribution in [0.25, 0.3) is 0 Å². The first-order valence-electron chi connectivity index (χ1n) is 5.78. The van der Waals surface area contributed by atoms with Crippen molar-refractivity contribution in [1.29, 1.82) is 0 Å². The summed E-state index contributed by atoms with van der Waals surface area (Å²) in [4.78, 5) is 36.9. The molecular weight excluding hydrogens is 268 g/mol. The van der Waals surface area contributed by atoms with Crippen LogP contribution in [0.3, 0.4) is 0 Å². The molecule has 0 unspecified atom stereocenters. The number of carboxylic acid groups (broad SMARTS) is 1. The maximum atomic E-state index is 11.5. The van der Waals surface area contributed by atoms with E-state index in [0.29, 0.717) is 12.2 Å². The number of aliphatic carboxylic acids is 1. The van der Waals surface area contributed by atoms with E-state index in [1.54, 1.807) is 7.05 Å². The Morgan fingerprint density at radius 1 is 1.50 bits per heavy atom. The molecule has 3 amide bonds. The van der Waals surface area contributed by atoms with Gasteiger partial charge < -0.3 is 21.5 Å². The number of nitrogens with one attached hydrogen (secondary N) is 2. The molecule has 1 heterocycles. The molecule has 0 aliphatic rings. The zero-order valence-corrected chi connectivity index (χ0v) is 10.9. The van der Waals surface area contributed by atoms with E-state index in [1.165, 1.54) is 11.0 Å². The van der Waals surface area contributed by atoms with Crippen molar-refractivity contribution in [3.05, 3.63) is 12.2 Å². The minimum atomic E-state index is -1.35. The van der Waals surface area contributed by atoms with Crippen LogP contribution >= 0.6 is 0 Å². The minimum absolute atomic E-state index is 0.235. The van der Waals surface area contributed by atoms with Crippen LogP contribution < -0.4 is 16.4 Å². The Morgan fingerprint density at radius 2 is 2.20 bits per heavy atom. The third-order valence-electron chi connectivity index (χ3n) is 2.29. The molecule has 0 fully saturated rings. The number of carbonyl (C=O) groups excluding carboxylic acids is 2. The maximum Gasteiger partial charge on any atom is 0.326 e. The first kappa shape index (κ1) is 15.4. The van der Waals surface area contributed by atoms with E-state index in [0.717, 1.165) is 0 Å². The summed E-state index contributed by atoms with van der Waals surface area (Å²) in [6, 6.07) is -2.05. The van der Waals surface area contributed by atoms with Gasteiger partial charge in [0.2, 0.25) is 5.91 Å². The number of primary amides is 1. The van der Waals surface area contributed by atoms with Gasteiger partial charge in [-0.05, 0) is 0 Å². The van der Waals surface area contributed by atoms with Gasteiger partial charge in [-0.1, -0.05) is 0 Å². The Morgan fingerprint density at radius 3 is 2.70 bits per heavy atom. The number of nitrogens with two attached hydrogens (primary N) is 1. The lowest BCUT2D eigenvalue weighted by atomic mass is 10.2. The molecule has 0 aromatic carbocycles. The second kappa shape index (κ2) is 7.07. The number of aryl methyl sites for hydroxylation is 1. The van der Waals surface area contributed by atoms with Gasteiger partial charge in [0.1, 0.15) is 12.4 Å². The molecule has 0 bridgehead atoms. The molecule has 1 atom stereocenters. The molecule has 1 rings (SSSR count). The number of amides is 3. The van der Waals surface area contributed by atoms with E-state index in [1.807, 2.05) is 0 Å². The summed E-state index contributed by atoms with van der Waals surface area (Å²) in [5, 5.41) is 17.4. The molecule has 10 heteroatoms. The quantitative estimate of drug-likeness (QED) is 0.453. The molecule has 0 saturated heterocycles. The molecule has 10 nitrogen and oxygen atoms in total. The van der Waals surface area contributed by atoms with Crippen LogP contribution in [0.1, 0.15) is 12.2 Å². The number of rotatable bonds is 7. The van der Waals surface area contributed by atoms with E-state index < -0.39 is 30.4 Å². The highest BCUT2D eigenvalue weighted by Crippen LogP contribution is 1.92. The third kappa shape index (κ3) is 5.33. The SMILES string of the molecule is Cn1cnc(CCNC(=O)N[C@H](CC(N)=O)C(=O)O)n1. The first-order valence-corrected chi connectivity index (χ1v) is 5.78. The topological polar surface area (TPSA) is 152 Å². The Labute approximate surface area is 114 Å². The van der Waals surface area contributed by atoms with Crippen molar-refractivity contribution in [2.24, 2.45) is 12.8 Å². The molecule has 0 aliphatic carbocycles. The summed E-state index contributed by atoms with van der Waals surface area (Å²) < 4.78 is 1.53. The van der Waals surface area contributed by atoms with Gasteiger partial charge in [-0.3, -0.25) is 9.48 Å². The van der Waals surface area contributed by atoms with E-state index in [4.69, 9.17) is 10.8 Å². The standard InChI is InChI=1S/C10H16N6O4/c1-16-5-13-8(15-16)2-3-12-10(20)14-6(9(18)19)4-7(11)17/h5-6H,2-4H2,1H3,(H2,11,17)(H,18,19)(H2,12,14,20)/t6-/m1/s1. The first-order chi connectivity index (χ1) is 9.38. The number of nitrogens with zero attached hydrogens (tertiary/aromatic N) is 3. The van der Waals surface area contributed by atoms with Crippen LogP contribution in [0.4, 0.5) is 4.79 Å². The third-order valence-corrected chi connectivity index (χ3v) is 2.29. The van der Waals surface area contributed by atoms with Crippen molar-refractivity contribution in [2.75, 3.05) is 6.54 Å². The number of carboxylic acids is 1. The molecule has 20 heavy (non-hydrogen) atoms. The molecular formula is C10H16N6O4. The molecule has 0 radical (unpaired) electrons. The lowest BCUT2D eigenvalue weighted by Crippen LogP contribution is -2.48. The predicted molar refractivity (Wildman–Crippen MR) is 66.5 cm³/mol. The van der Waals surface area contributed by atoms with Crippen molar-refractivity contribution in [2.45, 2.75) is 18.9 Å². The Bertz CT molecular complexity index is 500. The van der Waals surface area contributed by atoms with Crippen LogP contribution in [0, 0.1) is 0 Å². The van der Waals surface area contributed by atoms with Crippen molar-refractivity contribution < 1.29 is 19.5 Å². The highest BCUT2D eigenvalue weighted by atomic mass is 16.4. The van der Waals surface area contributed by atoms with Crippen molar-refractivity contribution >= 4 is 17.9 Å². The van der Waals surface area contributed by atoms with E-state index in [-0.39, 0.29) is 6.54 Å². The predicted octanol–water partition coefficient (Wildman–Crippen LogP) is -2.01. The number of hydrogen-bond acceptors (Lipinski definition) is 5. The lowest BCUT2D eigenvalue weighted by molar-refractivity contribution is -0.140. The van der Waals surface area contributed by atoms with Crippen molar-refractivity contribution in [1.82, 2.24) is 25.4 Å². The Kier molecular flexibility index (Phi) is 5.44. The molecule has 1 aromatic rings. The molecule has 0 aliphatic heterocycles. The van der Waals surface area contributed by atoms with Gasteiger partial charge in [0.05, 0.1) is 6.42 Å². The van der Waals surface area contributed by atoms with Gasteiger partial charge >= 0.3 is 12.0 Å². The number of carbonyl (C=O) groups is 3. The summed E-state index contributed by atoms with van der Waals surface area (Å²) in [7, 11) is 1.72. The van der Waals surface area contributed by atoms with Crippen molar-refractivity contribution in [3.63, 3.8) is 0 Å². The van der Waals surface area contributed by atoms with E-state index in [9.17, 15) is 14.4 Å². The lowest BCUT2D eigenvalue weighted by Gasteiger charge is -2.13. The highest BCUT2D eigenvalue weighted by Gasteiger charge is 2.21. The minimum Gasteiger partial charge on any atom is -0.480 e. The molecule has 5 N–H and O–H groups in total. The monoisotopic (exact) mass is 284 g/mol. The smallest absolute Gasteiger partial charge is 0.326 e. The molecule has 0 spiro atoms. The maximum absolute atomic E-state index is 11.5. The van der Waals surface area contributed by atoms with Gasteiger partial charge in [0.25, 0.3) is 0 Å². The number of urea groups is 1. The largest absolute Gasteiger partial charge is 0.480 e.